The van der Waals surface area contributed by atoms with E-state index >= 15 is 0 Å². The predicted octanol–water partition coefficient (Wildman–Crippen LogP) is 3.62. The lowest BCUT2D eigenvalue weighted by molar-refractivity contribution is -0.145. The second-order valence-corrected chi connectivity index (χ2v) is 7.73. The molecular weight excluding hydrogens is 362 g/mol. The molecule has 0 saturated carbocycles. The number of aryl methyl sites for hydroxylation is 1. The van der Waals surface area contributed by atoms with Crippen molar-refractivity contribution in [2.75, 3.05) is 11.5 Å². The van der Waals surface area contributed by atoms with Gasteiger partial charge < -0.3 is 4.74 Å². The van der Waals surface area contributed by atoms with Gasteiger partial charge in [-0.1, -0.05) is 26.0 Å². The minimum Gasteiger partial charge on any atom is -0.456 e. The highest BCUT2D eigenvalue weighted by atomic mass is 32.1. The van der Waals surface area contributed by atoms with Gasteiger partial charge in [0.2, 0.25) is 0 Å². The van der Waals surface area contributed by atoms with Crippen LogP contribution >= 0.6 is 11.3 Å². The van der Waals surface area contributed by atoms with E-state index in [0.717, 1.165) is 27.7 Å². The monoisotopic (exact) mass is 385 g/mol. The molecule has 0 atom stereocenters. The Kier molecular flexibility index (Phi) is 7.08. The maximum absolute atomic E-state index is 12.8. The molecule has 1 aromatic heterocycles. The molecular formula is C20H23N3O3S. The second kappa shape index (κ2) is 9.28. The number of nitriles is 1. The van der Waals surface area contributed by atoms with E-state index in [1.807, 2.05) is 13.0 Å². The second-order valence-electron chi connectivity index (χ2n) is 6.67. The van der Waals surface area contributed by atoms with Crippen LogP contribution in [0.2, 0.25) is 0 Å². The van der Waals surface area contributed by atoms with Crippen LogP contribution in [0.4, 0.5) is 5.00 Å². The summed E-state index contributed by atoms with van der Waals surface area (Å²) in [6.45, 7) is 7.32. The number of aromatic nitrogens is 1. The van der Waals surface area contributed by atoms with Gasteiger partial charge in [0.1, 0.15) is 5.00 Å². The molecule has 0 fully saturated rings. The Balaban J connectivity index is 2.34. The zero-order chi connectivity index (χ0) is 20.0. The highest BCUT2D eigenvalue weighted by molar-refractivity contribution is 7.16. The number of carbonyl (C=O) groups excluding carboxylic acids is 2. The number of amides is 1. The van der Waals surface area contributed by atoms with Crippen LogP contribution in [0, 0.1) is 24.2 Å². The molecule has 142 valence electrons. The number of thiazole rings is 1. The number of carbonyl (C=O) groups is 2. The average Bonchev–Trinajstić information content (AvgIpc) is 2.96. The van der Waals surface area contributed by atoms with E-state index in [1.54, 1.807) is 23.1 Å². The first-order valence-corrected chi connectivity index (χ1v) is 9.51. The summed E-state index contributed by atoms with van der Waals surface area (Å²) in [5.74, 6) is -0.368. The van der Waals surface area contributed by atoms with Crippen LogP contribution in [0.1, 0.15) is 42.6 Å². The fourth-order valence-corrected chi connectivity index (χ4v) is 3.86. The first kappa shape index (κ1) is 20.6. The van der Waals surface area contributed by atoms with Gasteiger partial charge >= 0.3 is 5.97 Å². The average molecular weight is 385 g/mol. The van der Waals surface area contributed by atoms with E-state index in [-0.39, 0.29) is 19.1 Å². The third kappa shape index (κ3) is 5.90. The Morgan fingerprint density at radius 1 is 1.37 bits per heavy atom. The van der Waals surface area contributed by atoms with Gasteiger partial charge in [-0.05, 0) is 30.5 Å². The summed E-state index contributed by atoms with van der Waals surface area (Å²) >= 11 is 1.48. The SMILES string of the molecule is CC(=O)OCC(=O)N(Cc1cccc(C#N)c1)c1sc(CC(C)C)nc1C. The zero-order valence-electron chi connectivity index (χ0n) is 16.0. The molecule has 0 radical (unpaired) electrons. The summed E-state index contributed by atoms with van der Waals surface area (Å²) < 4.78 is 4.90. The molecule has 1 aromatic carbocycles. The van der Waals surface area contributed by atoms with Crippen LogP contribution in [0.5, 0.6) is 0 Å². The van der Waals surface area contributed by atoms with Crippen molar-refractivity contribution in [3.05, 3.63) is 46.1 Å². The van der Waals surface area contributed by atoms with Crippen LogP contribution in [0.3, 0.4) is 0 Å². The summed E-state index contributed by atoms with van der Waals surface area (Å²) in [7, 11) is 0. The van der Waals surface area contributed by atoms with E-state index in [9.17, 15) is 9.59 Å². The number of anilines is 1. The van der Waals surface area contributed by atoms with Gasteiger partial charge in [0.05, 0.1) is 28.9 Å². The Bertz CT molecular complexity index is 868. The van der Waals surface area contributed by atoms with Gasteiger partial charge in [-0.2, -0.15) is 5.26 Å². The van der Waals surface area contributed by atoms with Crippen LogP contribution < -0.4 is 4.90 Å². The molecule has 0 aliphatic heterocycles. The maximum Gasteiger partial charge on any atom is 0.303 e. The van der Waals surface area contributed by atoms with Crippen LogP contribution in [-0.2, 0) is 27.3 Å². The lowest BCUT2D eigenvalue weighted by atomic mass is 10.1. The Labute approximate surface area is 163 Å². The minimum atomic E-state index is -0.503. The van der Waals surface area contributed by atoms with Gasteiger partial charge in [0.15, 0.2) is 6.61 Å². The molecule has 1 amide bonds. The van der Waals surface area contributed by atoms with Crippen LogP contribution in [-0.4, -0.2) is 23.5 Å². The topological polar surface area (TPSA) is 83.3 Å². The summed E-state index contributed by atoms with van der Waals surface area (Å²) in [5.41, 5.74) is 2.12. The molecule has 7 heteroatoms. The summed E-state index contributed by atoms with van der Waals surface area (Å²) in [5, 5.41) is 10.8. The van der Waals surface area contributed by atoms with Gasteiger partial charge in [0.25, 0.3) is 5.91 Å². The lowest BCUT2D eigenvalue weighted by Gasteiger charge is -2.21. The van der Waals surface area contributed by atoms with E-state index in [2.05, 4.69) is 24.9 Å². The predicted molar refractivity (Wildman–Crippen MR) is 104 cm³/mol. The van der Waals surface area contributed by atoms with Crippen molar-refractivity contribution in [3.8, 4) is 6.07 Å². The Hall–Kier alpha value is -2.72. The highest BCUT2D eigenvalue weighted by Gasteiger charge is 2.23. The largest absolute Gasteiger partial charge is 0.456 e. The maximum atomic E-state index is 12.8. The smallest absolute Gasteiger partial charge is 0.303 e. The zero-order valence-corrected chi connectivity index (χ0v) is 16.8. The Morgan fingerprint density at radius 3 is 2.74 bits per heavy atom. The molecule has 1 heterocycles. The summed E-state index contributed by atoms with van der Waals surface area (Å²) in [6, 6.07) is 9.21. The summed E-state index contributed by atoms with van der Waals surface area (Å²) in [4.78, 5) is 30.0. The molecule has 27 heavy (non-hydrogen) atoms. The van der Waals surface area contributed by atoms with Gasteiger partial charge in [-0.15, -0.1) is 11.3 Å². The minimum absolute atomic E-state index is 0.278. The van der Waals surface area contributed by atoms with E-state index in [4.69, 9.17) is 10.00 Å². The molecule has 0 aliphatic rings. The van der Waals surface area contributed by atoms with Crippen molar-refractivity contribution >= 4 is 28.2 Å². The standard InChI is InChI=1S/C20H23N3O3S/c1-13(2)8-18-22-14(3)20(27-18)23(19(25)12-26-15(4)24)11-17-7-5-6-16(9-17)10-21/h5-7,9,13H,8,11-12H2,1-4H3. The van der Waals surface area contributed by atoms with Crippen molar-refractivity contribution in [2.45, 2.75) is 40.7 Å². The molecule has 0 saturated heterocycles. The summed E-state index contributed by atoms with van der Waals surface area (Å²) in [6.07, 6.45) is 0.835. The number of rotatable bonds is 7. The third-order valence-corrected chi connectivity index (χ3v) is 4.94. The first-order valence-electron chi connectivity index (χ1n) is 8.69. The quantitative estimate of drug-likeness (QED) is 0.680. The van der Waals surface area contributed by atoms with Crippen molar-refractivity contribution in [1.82, 2.24) is 4.98 Å². The number of ether oxygens (including phenoxy) is 1. The van der Waals surface area contributed by atoms with Gasteiger partial charge in [0, 0.05) is 13.3 Å². The molecule has 6 nitrogen and oxygen atoms in total. The van der Waals surface area contributed by atoms with Gasteiger partial charge in [-0.3, -0.25) is 14.5 Å². The van der Waals surface area contributed by atoms with E-state index in [0.29, 0.717) is 11.5 Å². The number of hydrogen-bond donors (Lipinski definition) is 0. The van der Waals surface area contributed by atoms with Crippen molar-refractivity contribution in [3.63, 3.8) is 0 Å². The molecule has 2 aromatic rings. The van der Waals surface area contributed by atoms with Gasteiger partial charge in [-0.25, -0.2) is 4.98 Å². The number of nitrogens with zero attached hydrogens (tertiary/aromatic N) is 3. The lowest BCUT2D eigenvalue weighted by Crippen LogP contribution is -2.34. The normalized spacial score (nSPS) is 10.5. The van der Waals surface area contributed by atoms with Crippen LogP contribution in [0.15, 0.2) is 24.3 Å². The molecule has 0 aliphatic carbocycles. The van der Waals surface area contributed by atoms with Crippen molar-refractivity contribution in [2.24, 2.45) is 5.92 Å². The molecule has 0 unspecified atom stereocenters. The fraction of sp³-hybridized carbons (Fsp3) is 0.400. The molecule has 0 spiro atoms. The highest BCUT2D eigenvalue weighted by Crippen LogP contribution is 2.31. The Morgan fingerprint density at radius 2 is 2.11 bits per heavy atom. The fourth-order valence-electron chi connectivity index (χ4n) is 2.57. The molecule has 0 bridgehead atoms. The van der Waals surface area contributed by atoms with E-state index < -0.39 is 5.97 Å². The first-order chi connectivity index (χ1) is 12.8. The van der Waals surface area contributed by atoms with E-state index in [1.165, 1.54) is 18.3 Å². The molecule has 0 N–H and O–H groups in total. The number of hydrogen-bond acceptors (Lipinski definition) is 6. The number of esters is 1. The van der Waals surface area contributed by atoms with Crippen molar-refractivity contribution in [1.29, 1.82) is 5.26 Å². The molecule has 2 rings (SSSR count). The van der Waals surface area contributed by atoms with Crippen molar-refractivity contribution < 1.29 is 14.3 Å². The number of benzene rings is 1. The van der Waals surface area contributed by atoms with Crippen LogP contribution in [0.25, 0.3) is 0 Å². The third-order valence-electron chi connectivity index (χ3n) is 3.74.